The second-order valence-electron chi connectivity index (χ2n) is 6.38. The van der Waals surface area contributed by atoms with Crippen molar-refractivity contribution in [3.05, 3.63) is 83.4 Å². The number of rotatable bonds is 5. The van der Waals surface area contributed by atoms with Gasteiger partial charge < -0.3 is 10.1 Å². The minimum absolute atomic E-state index is 0.327. The summed E-state index contributed by atoms with van der Waals surface area (Å²) in [6.07, 6.45) is 3.04. The SMILES string of the molecule is Cc1ccc(NC(=O)COC(=O)/C=C/c2cccc3ccccc23)c(C)c1. The molecule has 4 heteroatoms. The number of anilines is 1. The summed E-state index contributed by atoms with van der Waals surface area (Å²) in [6, 6.07) is 19.6. The van der Waals surface area contributed by atoms with E-state index >= 15 is 0 Å². The molecule has 0 saturated carbocycles. The molecular weight excluding hydrogens is 338 g/mol. The highest BCUT2D eigenvalue weighted by Gasteiger charge is 2.07. The van der Waals surface area contributed by atoms with Crippen LogP contribution in [0.25, 0.3) is 16.8 Å². The maximum Gasteiger partial charge on any atom is 0.331 e. The lowest BCUT2D eigenvalue weighted by Gasteiger charge is -2.09. The molecule has 4 nitrogen and oxygen atoms in total. The molecule has 0 aliphatic rings. The van der Waals surface area contributed by atoms with E-state index in [-0.39, 0.29) is 12.5 Å². The number of fused-ring (bicyclic) bond motifs is 1. The van der Waals surface area contributed by atoms with E-state index in [4.69, 9.17) is 4.74 Å². The van der Waals surface area contributed by atoms with Gasteiger partial charge in [-0.3, -0.25) is 4.79 Å². The van der Waals surface area contributed by atoms with E-state index in [0.717, 1.165) is 27.5 Å². The van der Waals surface area contributed by atoms with Crippen LogP contribution in [0.15, 0.2) is 66.7 Å². The van der Waals surface area contributed by atoms with E-state index in [1.807, 2.05) is 74.5 Å². The van der Waals surface area contributed by atoms with E-state index < -0.39 is 5.97 Å². The van der Waals surface area contributed by atoms with Crippen molar-refractivity contribution in [2.45, 2.75) is 13.8 Å². The molecule has 0 aromatic heterocycles. The third-order valence-electron chi connectivity index (χ3n) is 4.22. The second-order valence-corrected chi connectivity index (χ2v) is 6.38. The number of nitrogens with one attached hydrogen (secondary N) is 1. The van der Waals surface area contributed by atoms with Crippen LogP contribution >= 0.6 is 0 Å². The molecule has 27 heavy (non-hydrogen) atoms. The molecule has 0 fully saturated rings. The Balaban J connectivity index is 1.57. The van der Waals surface area contributed by atoms with Crippen molar-refractivity contribution in [1.29, 1.82) is 0 Å². The van der Waals surface area contributed by atoms with Crippen LogP contribution < -0.4 is 5.32 Å². The van der Waals surface area contributed by atoms with E-state index in [2.05, 4.69) is 5.32 Å². The summed E-state index contributed by atoms with van der Waals surface area (Å²) in [5.41, 5.74) is 3.72. The zero-order chi connectivity index (χ0) is 19.2. The zero-order valence-electron chi connectivity index (χ0n) is 15.4. The van der Waals surface area contributed by atoms with Crippen molar-refractivity contribution in [1.82, 2.24) is 0 Å². The van der Waals surface area contributed by atoms with Crippen LogP contribution in [0.3, 0.4) is 0 Å². The highest BCUT2D eigenvalue weighted by atomic mass is 16.5. The zero-order valence-corrected chi connectivity index (χ0v) is 15.4. The van der Waals surface area contributed by atoms with Gasteiger partial charge in [-0.15, -0.1) is 0 Å². The topological polar surface area (TPSA) is 55.4 Å². The fraction of sp³-hybridized carbons (Fsp3) is 0.130. The van der Waals surface area contributed by atoms with Gasteiger partial charge in [-0.25, -0.2) is 4.79 Å². The van der Waals surface area contributed by atoms with Crippen LogP contribution in [0.1, 0.15) is 16.7 Å². The van der Waals surface area contributed by atoms with Gasteiger partial charge in [0.05, 0.1) is 0 Å². The molecule has 1 N–H and O–H groups in total. The first-order valence-corrected chi connectivity index (χ1v) is 8.72. The minimum Gasteiger partial charge on any atom is -0.452 e. The lowest BCUT2D eigenvalue weighted by molar-refractivity contribution is -0.142. The number of aryl methyl sites for hydroxylation is 2. The van der Waals surface area contributed by atoms with Crippen molar-refractivity contribution in [2.24, 2.45) is 0 Å². The highest BCUT2D eigenvalue weighted by molar-refractivity contribution is 5.97. The average Bonchev–Trinajstić information content (AvgIpc) is 2.67. The molecule has 0 atom stereocenters. The van der Waals surface area contributed by atoms with Gasteiger partial charge in [0.2, 0.25) is 0 Å². The van der Waals surface area contributed by atoms with Gasteiger partial charge in [-0.1, -0.05) is 60.2 Å². The van der Waals surface area contributed by atoms with Gasteiger partial charge >= 0.3 is 5.97 Å². The summed E-state index contributed by atoms with van der Waals surface area (Å²) in [4.78, 5) is 23.9. The Labute approximate surface area is 158 Å². The average molecular weight is 359 g/mol. The number of ether oxygens (including phenoxy) is 1. The van der Waals surface area contributed by atoms with Crippen LogP contribution in [0, 0.1) is 13.8 Å². The van der Waals surface area contributed by atoms with Gasteiger partial charge in [0.15, 0.2) is 6.61 Å². The van der Waals surface area contributed by atoms with Crippen LogP contribution in [0.2, 0.25) is 0 Å². The molecule has 0 saturated heterocycles. The summed E-state index contributed by atoms with van der Waals surface area (Å²) in [6.45, 7) is 3.58. The fourth-order valence-electron chi connectivity index (χ4n) is 2.88. The lowest BCUT2D eigenvalue weighted by Crippen LogP contribution is -2.20. The van der Waals surface area contributed by atoms with Crippen molar-refractivity contribution in [3.8, 4) is 0 Å². The summed E-state index contributed by atoms with van der Waals surface area (Å²) >= 11 is 0. The van der Waals surface area contributed by atoms with Gasteiger partial charge in [0, 0.05) is 11.8 Å². The summed E-state index contributed by atoms with van der Waals surface area (Å²) in [5.74, 6) is -0.924. The number of hydrogen-bond donors (Lipinski definition) is 1. The van der Waals surface area contributed by atoms with Crippen LogP contribution in [0.5, 0.6) is 0 Å². The number of carbonyl (C=O) groups excluding carboxylic acids is 2. The lowest BCUT2D eigenvalue weighted by atomic mass is 10.0. The molecule has 3 aromatic rings. The smallest absolute Gasteiger partial charge is 0.331 e. The number of esters is 1. The maximum atomic E-state index is 12.0. The molecule has 3 rings (SSSR count). The molecule has 0 unspecified atom stereocenters. The molecule has 0 radical (unpaired) electrons. The van der Waals surface area contributed by atoms with Gasteiger partial charge in [0.25, 0.3) is 5.91 Å². The van der Waals surface area contributed by atoms with Crippen molar-refractivity contribution < 1.29 is 14.3 Å². The third kappa shape index (κ3) is 4.82. The molecule has 3 aromatic carbocycles. The van der Waals surface area contributed by atoms with Crippen LogP contribution in [-0.2, 0) is 14.3 Å². The largest absolute Gasteiger partial charge is 0.452 e. The van der Waals surface area contributed by atoms with Gasteiger partial charge in [0.1, 0.15) is 0 Å². The number of carbonyl (C=O) groups is 2. The molecule has 0 heterocycles. The molecular formula is C23H21NO3. The van der Waals surface area contributed by atoms with Gasteiger partial charge in [-0.05, 0) is 47.9 Å². The van der Waals surface area contributed by atoms with Crippen LogP contribution in [0.4, 0.5) is 5.69 Å². The highest BCUT2D eigenvalue weighted by Crippen LogP contribution is 2.19. The monoisotopic (exact) mass is 359 g/mol. The first-order chi connectivity index (χ1) is 13.0. The first-order valence-electron chi connectivity index (χ1n) is 8.72. The van der Waals surface area contributed by atoms with Crippen LogP contribution in [-0.4, -0.2) is 18.5 Å². The minimum atomic E-state index is -0.557. The molecule has 136 valence electrons. The number of amides is 1. The molecule has 0 bridgehead atoms. The van der Waals surface area contributed by atoms with E-state index in [1.54, 1.807) is 6.08 Å². The number of benzene rings is 3. The first kappa shape index (κ1) is 18.4. The van der Waals surface area contributed by atoms with E-state index in [9.17, 15) is 9.59 Å². The number of hydrogen-bond acceptors (Lipinski definition) is 3. The maximum absolute atomic E-state index is 12.0. The summed E-state index contributed by atoms with van der Waals surface area (Å²) in [5, 5.41) is 4.90. The van der Waals surface area contributed by atoms with Crippen molar-refractivity contribution >= 4 is 34.4 Å². The van der Waals surface area contributed by atoms with Crippen molar-refractivity contribution in [3.63, 3.8) is 0 Å². The normalized spacial score (nSPS) is 10.9. The quantitative estimate of drug-likeness (QED) is 0.533. The molecule has 0 spiro atoms. The predicted octanol–water partition coefficient (Wildman–Crippen LogP) is 4.65. The molecule has 0 aliphatic heterocycles. The van der Waals surface area contributed by atoms with E-state index in [1.165, 1.54) is 6.08 Å². The Kier molecular flexibility index (Phi) is 5.67. The summed E-state index contributed by atoms with van der Waals surface area (Å²) in [7, 11) is 0. The fourth-order valence-corrected chi connectivity index (χ4v) is 2.88. The Bertz CT molecular complexity index is 1020. The molecule has 1 amide bonds. The Morgan fingerprint density at radius 2 is 1.78 bits per heavy atom. The Hall–Kier alpha value is -3.40. The van der Waals surface area contributed by atoms with Gasteiger partial charge in [-0.2, -0.15) is 0 Å². The third-order valence-corrected chi connectivity index (χ3v) is 4.22. The Morgan fingerprint density at radius 3 is 2.59 bits per heavy atom. The van der Waals surface area contributed by atoms with E-state index in [0.29, 0.717) is 5.69 Å². The predicted molar refractivity (Wildman–Crippen MR) is 108 cm³/mol. The standard InChI is InChI=1S/C23H21NO3/c1-16-10-12-21(17(2)14-16)24-22(25)15-27-23(26)13-11-19-8-5-7-18-6-3-4-9-20(18)19/h3-14H,15H2,1-2H3,(H,24,25)/b13-11+. The van der Waals surface area contributed by atoms with Crippen molar-refractivity contribution in [2.75, 3.05) is 11.9 Å². The summed E-state index contributed by atoms with van der Waals surface area (Å²) < 4.78 is 5.04. The Morgan fingerprint density at radius 1 is 1.00 bits per heavy atom. The second kappa shape index (κ2) is 8.32. The molecule has 0 aliphatic carbocycles.